The molecule has 0 spiro atoms. The van der Waals surface area contributed by atoms with E-state index in [1.165, 1.54) is 17.9 Å². The number of hydrogen-bond acceptors (Lipinski definition) is 5. The molecule has 1 aliphatic rings. The normalized spacial score (nSPS) is 13.8. The Morgan fingerprint density at radius 2 is 2.00 bits per heavy atom. The van der Waals surface area contributed by atoms with Gasteiger partial charge < -0.3 is 19.2 Å². The summed E-state index contributed by atoms with van der Waals surface area (Å²) >= 11 is 0. The Balaban J connectivity index is 1.63. The third-order valence-corrected chi connectivity index (χ3v) is 4.65. The summed E-state index contributed by atoms with van der Waals surface area (Å²) in [6, 6.07) is 2.76. The van der Waals surface area contributed by atoms with Crippen molar-refractivity contribution in [3.05, 3.63) is 65.4 Å². The summed E-state index contributed by atoms with van der Waals surface area (Å²) in [7, 11) is 0. The van der Waals surface area contributed by atoms with Crippen molar-refractivity contribution in [2.45, 2.75) is 26.2 Å². The quantitative estimate of drug-likeness (QED) is 0.704. The van der Waals surface area contributed by atoms with Gasteiger partial charge in [-0.15, -0.1) is 0 Å². The number of aromatic nitrogens is 3. The SMILES string of the molecule is Cc1nc(C(=O)Nc2cc(C(=O)N3CCn4ccnc4C3)cc(C(F)(F)F)c2)co1. The zero-order chi connectivity index (χ0) is 21.5. The van der Waals surface area contributed by atoms with Crippen LogP contribution in [-0.4, -0.2) is 37.8 Å². The van der Waals surface area contributed by atoms with E-state index >= 15 is 0 Å². The fraction of sp³-hybridized carbons (Fsp3) is 0.263. The number of hydrogen-bond donors (Lipinski definition) is 1. The van der Waals surface area contributed by atoms with Gasteiger partial charge in [-0.3, -0.25) is 9.59 Å². The fourth-order valence-electron chi connectivity index (χ4n) is 3.18. The van der Waals surface area contributed by atoms with Crippen LogP contribution in [0.1, 0.15) is 38.1 Å². The molecule has 0 radical (unpaired) electrons. The van der Waals surface area contributed by atoms with Crippen LogP contribution in [0, 0.1) is 6.92 Å². The maximum atomic E-state index is 13.4. The Bertz CT molecular complexity index is 1120. The summed E-state index contributed by atoms with van der Waals surface area (Å²) in [4.78, 5) is 34.6. The van der Waals surface area contributed by atoms with Gasteiger partial charge in [-0.25, -0.2) is 9.97 Å². The van der Waals surface area contributed by atoms with Crippen LogP contribution in [0.15, 0.2) is 41.3 Å². The zero-order valence-corrected chi connectivity index (χ0v) is 15.7. The number of carbonyl (C=O) groups is 2. The van der Waals surface area contributed by atoms with Gasteiger partial charge in [0.1, 0.15) is 12.1 Å². The Morgan fingerprint density at radius 3 is 2.70 bits per heavy atom. The Labute approximate surface area is 168 Å². The van der Waals surface area contributed by atoms with E-state index in [4.69, 9.17) is 4.42 Å². The molecule has 0 unspecified atom stereocenters. The summed E-state index contributed by atoms with van der Waals surface area (Å²) in [5.41, 5.74) is -1.48. The molecule has 0 bridgehead atoms. The van der Waals surface area contributed by atoms with Crippen molar-refractivity contribution in [3.8, 4) is 0 Å². The summed E-state index contributed by atoms with van der Waals surface area (Å²) in [6.45, 7) is 2.54. The first-order chi connectivity index (χ1) is 14.2. The molecule has 156 valence electrons. The van der Waals surface area contributed by atoms with Crippen molar-refractivity contribution in [3.63, 3.8) is 0 Å². The minimum absolute atomic E-state index is 0.0827. The molecule has 1 aliphatic heterocycles. The second-order valence-electron chi connectivity index (χ2n) is 6.77. The minimum Gasteiger partial charge on any atom is -0.448 e. The molecule has 0 saturated heterocycles. The van der Waals surface area contributed by atoms with E-state index in [-0.39, 0.29) is 29.4 Å². The Morgan fingerprint density at radius 1 is 1.20 bits per heavy atom. The van der Waals surface area contributed by atoms with Crippen LogP contribution < -0.4 is 5.32 Å². The average Bonchev–Trinajstić information content (AvgIpc) is 3.34. The third kappa shape index (κ3) is 3.91. The molecule has 3 heterocycles. The van der Waals surface area contributed by atoms with Crippen molar-refractivity contribution in [2.75, 3.05) is 11.9 Å². The lowest BCUT2D eigenvalue weighted by molar-refractivity contribution is -0.137. The number of aryl methyl sites for hydroxylation is 1. The van der Waals surface area contributed by atoms with Gasteiger partial charge >= 0.3 is 6.18 Å². The van der Waals surface area contributed by atoms with Gasteiger partial charge in [0.25, 0.3) is 11.8 Å². The van der Waals surface area contributed by atoms with E-state index in [0.717, 1.165) is 18.4 Å². The first kappa shape index (κ1) is 19.7. The van der Waals surface area contributed by atoms with Crippen LogP contribution in [-0.2, 0) is 19.3 Å². The van der Waals surface area contributed by atoms with Crippen molar-refractivity contribution >= 4 is 17.5 Å². The number of rotatable bonds is 3. The van der Waals surface area contributed by atoms with Crippen LogP contribution in [0.5, 0.6) is 0 Å². The summed E-state index contributed by atoms with van der Waals surface area (Å²) < 4.78 is 47.0. The first-order valence-corrected chi connectivity index (χ1v) is 8.96. The lowest BCUT2D eigenvalue weighted by Gasteiger charge is -2.28. The first-order valence-electron chi connectivity index (χ1n) is 8.96. The second-order valence-corrected chi connectivity index (χ2v) is 6.77. The van der Waals surface area contributed by atoms with Gasteiger partial charge in [-0.1, -0.05) is 0 Å². The smallest absolute Gasteiger partial charge is 0.416 e. The lowest BCUT2D eigenvalue weighted by Crippen LogP contribution is -2.38. The van der Waals surface area contributed by atoms with E-state index in [2.05, 4.69) is 15.3 Å². The molecule has 0 aliphatic carbocycles. The highest BCUT2D eigenvalue weighted by Gasteiger charge is 2.33. The van der Waals surface area contributed by atoms with Crippen LogP contribution in [0.25, 0.3) is 0 Å². The highest BCUT2D eigenvalue weighted by Crippen LogP contribution is 2.32. The summed E-state index contributed by atoms with van der Waals surface area (Å²) in [5, 5.41) is 2.35. The Kier molecular flexibility index (Phi) is 4.80. The molecule has 11 heteroatoms. The number of nitrogens with zero attached hydrogens (tertiary/aromatic N) is 4. The maximum Gasteiger partial charge on any atom is 0.416 e. The van der Waals surface area contributed by atoms with Crippen molar-refractivity contribution in [1.82, 2.24) is 19.4 Å². The predicted molar refractivity (Wildman–Crippen MR) is 97.6 cm³/mol. The molecule has 3 aromatic rings. The van der Waals surface area contributed by atoms with Gasteiger partial charge in [0.05, 0.1) is 12.1 Å². The van der Waals surface area contributed by atoms with Gasteiger partial charge in [0, 0.05) is 43.7 Å². The molecule has 30 heavy (non-hydrogen) atoms. The molecule has 1 aromatic carbocycles. The molecule has 1 N–H and O–H groups in total. The predicted octanol–water partition coefficient (Wildman–Crippen LogP) is 3.11. The van der Waals surface area contributed by atoms with E-state index in [9.17, 15) is 22.8 Å². The molecule has 0 atom stereocenters. The molecular formula is C19H16F3N5O3. The highest BCUT2D eigenvalue weighted by molar-refractivity contribution is 6.04. The summed E-state index contributed by atoms with van der Waals surface area (Å²) in [6.07, 6.45) is -0.216. The number of anilines is 1. The topological polar surface area (TPSA) is 93.3 Å². The molecule has 4 rings (SSSR count). The van der Waals surface area contributed by atoms with Crippen molar-refractivity contribution in [1.29, 1.82) is 0 Å². The number of alkyl halides is 3. The number of imidazole rings is 1. The fourth-order valence-corrected chi connectivity index (χ4v) is 3.18. The van der Waals surface area contributed by atoms with Gasteiger partial charge in [0.15, 0.2) is 11.6 Å². The lowest BCUT2D eigenvalue weighted by atomic mass is 10.1. The second kappa shape index (κ2) is 7.32. The molecule has 2 amide bonds. The van der Waals surface area contributed by atoms with Crippen LogP contribution >= 0.6 is 0 Å². The minimum atomic E-state index is -4.70. The molecule has 2 aromatic heterocycles. The number of nitrogens with one attached hydrogen (secondary N) is 1. The van der Waals surface area contributed by atoms with E-state index in [0.29, 0.717) is 18.9 Å². The highest BCUT2D eigenvalue weighted by atomic mass is 19.4. The van der Waals surface area contributed by atoms with Crippen LogP contribution in [0.4, 0.5) is 18.9 Å². The maximum absolute atomic E-state index is 13.4. The molecule has 0 fully saturated rings. The Hall–Kier alpha value is -3.63. The number of benzene rings is 1. The van der Waals surface area contributed by atoms with Crippen LogP contribution in [0.2, 0.25) is 0 Å². The van der Waals surface area contributed by atoms with E-state index < -0.39 is 23.6 Å². The van der Waals surface area contributed by atoms with Gasteiger partial charge in [0.2, 0.25) is 0 Å². The van der Waals surface area contributed by atoms with Gasteiger partial charge in [-0.2, -0.15) is 13.2 Å². The number of amides is 2. The number of carbonyl (C=O) groups excluding carboxylic acids is 2. The average molecular weight is 419 g/mol. The van der Waals surface area contributed by atoms with Gasteiger partial charge in [-0.05, 0) is 18.2 Å². The monoisotopic (exact) mass is 419 g/mol. The van der Waals surface area contributed by atoms with E-state index in [1.54, 1.807) is 12.4 Å². The molecule has 0 saturated carbocycles. The number of fused-ring (bicyclic) bond motifs is 1. The number of halogens is 3. The van der Waals surface area contributed by atoms with Crippen LogP contribution in [0.3, 0.4) is 0 Å². The standard InChI is InChI=1S/C19H16F3N5O3/c1-11-24-15(10-30-11)17(28)25-14-7-12(6-13(8-14)19(20,21)22)18(29)27-5-4-26-3-2-23-16(26)9-27/h2-3,6-8,10H,4-5,9H2,1H3,(H,25,28). The molecular weight excluding hydrogens is 403 g/mol. The third-order valence-electron chi connectivity index (χ3n) is 4.65. The molecule has 8 nitrogen and oxygen atoms in total. The van der Waals surface area contributed by atoms with Crippen molar-refractivity contribution in [2.24, 2.45) is 0 Å². The summed E-state index contributed by atoms with van der Waals surface area (Å²) in [5.74, 6) is -0.437. The number of oxazole rings is 1. The van der Waals surface area contributed by atoms with Crippen molar-refractivity contribution < 1.29 is 27.2 Å². The van der Waals surface area contributed by atoms with E-state index in [1.807, 2.05) is 4.57 Å². The largest absolute Gasteiger partial charge is 0.448 e. The zero-order valence-electron chi connectivity index (χ0n) is 15.7.